The Balaban J connectivity index is 1.75. The summed E-state index contributed by atoms with van der Waals surface area (Å²) in [4.78, 5) is 23.3. The number of amides is 2. The molecule has 20 heavy (non-hydrogen) atoms. The average molecular weight is 282 g/mol. The normalized spacial score (nSPS) is 26.6. The van der Waals surface area contributed by atoms with E-state index in [4.69, 9.17) is 0 Å². The summed E-state index contributed by atoms with van der Waals surface area (Å²) >= 11 is 0. The molecule has 2 aliphatic carbocycles. The zero-order valence-electron chi connectivity index (χ0n) is 12.5. The second-order valence-corrected chi connectivity index (χ2v) is 7.10. The van der Waals surface area contributed by atoms with Crippen molar-refractivity contribution in [2.24, 2.45) is 16.7 Å². The van der Waals surface area contributed by atoms with Gasteiger partial charge in [-0.05, 0) is 30.6 Å². The first-order valence-corrected chi connectivity index (χ1v) is 7.61. The first-order valence-electron chi connectivity index (χ1n) is 7.61. The van der Waals surface area contributed by atoms with E-state index in [1.807, 2.05) is 0 Å². The number of hydrogen-bond donors (Lipinski definition) is 3. The number of rotatable bonds is 5. The zero-order valence-corrected chi connectivity index (χ0v) is 12.5. The predicted molar refractivity (Wildman–Crippen MR) is 76.4 cm³/mol. The van der Waals surface area contributed by atoms with Crippen LogP contribution >= 0.6 is 0 Å². The molecule has 2 amide bonds. The number of carbonyl (C=O) groups is 2. The van der Waals surface area contributed by atoms with Crippen molar-refractivity contribution in [2.45, 2.75) is 52.4 Å². The molecule has 2 fully saturated rings. The van der Waals surface area contributed by atoms with Crippen LogP contribution in [0.3, 0.4) is 0 Å². The second kappa shape index (κ2) is 5.62. The highest BCUT2D eigenvalue weighted by Crippen LogP contribution is 2.50. The number of aliphatic carboxylic acids is 1. The Labute approximate surface area is 120 Å². The summed E-state index contributed by atoms with van der Waals surface area (Å²) in [6.07, 6.45) is 5.44. The lowest BCUT2D eigenvalue weighted by Gasteiger charge is -2.33. The molecule has 5 heteroatoms. The fraction of sp³-hybridized carbons (Fsp3) is 0.867. The number of urea groups is 1. The molecule has 2 aliphatic rings. The van der Waals surface area contributed by atoms with Gasteiger partial charge in [-0.1, -0.05) is 33.1 Å². The third kappa shape index (κ3) is 3.44. The van der Waals surface area contributed by atoms with E-state index in [9.17, 15) is 14.7 Å². The number of carbonyl (C=O) groups excluding carboxylic acids is 1. The molecule has 0 heterocycles. The molecular formula is C15H26N2O3. The van der Waals surface area contributed by atoms with Gasteiger partial charge >= 0.3 is 12.0 Å². The Morgan fingerprint density at radius 3 is 2.25 bits per heavy atom. The van der Waals surface area contributed by atoms with Crippen LogP contribution in [0.1, 0.15) is 52.4 Å². The van der Waals surface area contributed by atoms with Gasteiger partial charge in [0.2, 0.25) is 0 Å². The molecule has 0 spiro atoms. The van der Waals surface area contributed by atoms with Crippen molar-refractivity contribution >= 4 is 12.0 Å². The summed E-state index contributed by atoms with van der Waals surface area (Å²) in [6, 6.07) is -0.237. The highest BCUT2D eigenvalue weighted by Gasteiger charge is 2.45. The minimum atomic E-state index is -0.777. The van der Waals surface area contributed by atoms with E-state index < -0.39 is 11.4 Å². The van der Waals surface area contributed by atoms with Crippen molar-refractivity contribution in [1.82, 2.24) is 10.6 Å². The molecule has 1 atom stereocenters. The molecule has 0 aromatic heterocycles. The topological polar surface area (TPSA) is 78.4 Å². The SMILES string of the molecule is CC1(C)CC1CNC(=O)NCC1(C(=O)O)CCCCC1. The quantitative estimate of drug-likeness (QED) is 0.724. The van der Waals surface area contributed by atoms with Crippen molar-refractivity contribution in [3.63, 3.8) is 0 Å². The average Bonchev–Trinajstić information content (AvgIpc) is 3.02. The Bertz CT molecular complexity index is 387. The predicted octanol–water partition coefficient (Wildman–Crippen LogP) is 2.37. The van der Waals surface area contributed by atoms with Gasteiger partial charge in [0.1, 0.15) is 0 Å². The van der Waals surface area contributed by atoms with Gasteiger partial charge in [0.25, 0.3) is 0 Å². The van der Waals surface area contributed by atoms with E-state index in [1.165, 1.54) is 0 Å². The smallest absolute Gasteiger partial charge is 0.314 e. The maximum absolute atomic E-state index is 11.8. The van der Waals surface area contributed by atoms with E-state index in [2.05, 4.69) is 24.5 Å². The summed E-state index contributed by atoms with van der Waals surface area (Å²) < 4.78 is 0. The summed E-state index contributed by atoms with van der Waals surface area (Å²) in [5, 5.41) is 15.0. The third-order valence-electron chi connectivity index (χ3n) is 5.08. The summed E-state index contributed by atoms with van der Waals surface area (Å²) in [5.74, 6) is -0.225. The van der Waals surface area contributed by atoms with Crippen molar-refractivity contribution in [3.05, 3.63) is 0 Å². The number of hydrogen-bond acceptors (Lipinski definition) is 2. The maximum atomic E-state index is 11.8. The van der Waals surface area contributed by atoms with Crippen molar-refractivity contribution in [2.75, 3.05) is 13.1 Å². The molecule has 1 unspecified atom stereocenters. The van der Waals surface area contributed by atoms with Crippen molar-refractivity contribution < 1.29 is 14.7 Å². The molecule has 0 saturated heterocycles. The van der Waals surface area contributed by atoms with Gasteiger partial charge in [-0.15, -0.1) is 0 Å². The van der Waals surface area contributed by atoms with Gasteiger partial charge in [0.15, 0.2) is 0 Å². The lowest BCUT2D eigenvalue weighted by atomic mass is 9.74. The Morgan fingerprint density at radius 2 is 1.75 bits per heavy atom. The molecule has 5 nitrogen and oxygen atoms in total. The van der Waals surface area contributed by atoms with E-state index in [0.29, 0.717) is 30.7 Å². The van der Waals surface area contributed by atoms with Gasteiger partial charge in [0, 0.05) is 13.1 Å². The molecule has 2 saturated carbocycles. The second-order valence-electron chi connectivity index (χ2n) is 7.10. The fourth-order valence-corrected chi connectivity index (χ4v) is 3.15. The third-order valence-corrected chi connectivity index (χ3v) is 5.08. The minimum Gasteiger partial charge on any atom is -0.481 e. The van der Waals surface area contributed by atoms with E-state index in [0.717, 1.165) is 25.7 Å². The highest BCUT2D eigenvalue weighted by atomic mass is 16.4. The van der Waals surface area contributed by atoms with Crippen LogP contribution in [0.2, 0.25) is 0 Å². The van der Waals surface area contributed by atoms with Gasteiger partial charge in [0.05, 0.1) is 5.41 Å². The number of carboxylic acids is 1. The zero-order chi connectivity index (χ0) is 14.8. The Hall–Kier alpha value is -1.26. The summed E-state index contributed by atoms with van der Waals surface area (Å²) in [7, 11) is 0. The highest BCUT2D eigenvalue weighted by molar-refractivity contribution is 5.78. The molecular weight excluding hydrogens is 256 g/mol. The van der Waals surface area contributed by atoms with Crippen molar-refractivity contribution in [3.8, 4) is 0 Å². The molecule has 114 valence electrons. The summed E-state index contributed by atoms with van der Waals surface area (Å²) in [6.45, 7) is 5.30. The van der Waals surface area contributed by atoms with E-state index in [-0.39, 0.29) is 12.6 Å². The van der Waals surface area contributed by atoms with Gasteiger partial charge in [-0.25, -0.2) is 4.79 Å². The van der Waals surface area contributed by atoms with Crippen molar-refractivity contribution in [1.29, 1.82) is 0 Å². The van der Waals surface area contributed by atoms with Crippen LogP contribution in [-0.4, -0.2) is 30.2 Å². The molecule has 2 rings (SSSR count). The molecule has 0 aliphatic heterocycles. The van der Waals surface area contributed by atoms with Gasteiger partial charge in [-0.2, -0.15) is 0 Å². The van der Waals surface area contributed by atoms with Crippen LogP contribution in [0.5, 0.6) is 0 Å². The van der Waals surface area contributed by atoms with E-state index >= 15 is 0 Å². The van der Waals surface area contributed by atoms with Crippen LogP contribution in [0, 0.1) is 16.7 Å². The maximum Gasteiger partial charge on any atom is 0.314 e. The minimum absolute atomic E-state index is 0.237. The van der Waals surface area contributed by atoms with Gasteiger partial charge in [-0.3, -0.25) is 4.79 Å². The van der Waals surface area contributed by atoms with Crippen LogP contribution in [0.4, 0.5) is 4.79 Å². The van der Waals surface area contributed by atoms with Crippen LogP contribution in [0.15, 0.2) is 0 Å². The first kappa shape index (κ1) is 15.1. The van der Waals surface area contributed by atoms with Crippen LogP contribution in [-0.2, 0) is 4.79 Å². The standard InChI is InChI=1S/C15H26N2O3/c1-14(2)8-11(14)9-16-13(20)17-10-15(12(18)19)6-4-3-5-7-15/h11H,3-10H2,1-2H3,(H,18,19)(H2,16,17,20). The van der Waals surface area contributed by atoms with Crippen LogP contribution in [0.25, 0.3) is 0 Å². The molecule has 0 aromatic carbocycles. The number of nitrogens with one attached hydrogen (secondary N) is 2. The lowest BCUT2D eigenvalue weighted by molar-refractivity contribution is -0.150. The first-order chi connectivity index (χ1) is 9.36. The van der Waals surface area contributed by atoms with Crippen LogP contribution < -0.4 is 10.6 Å². The molecule has 0 radical (unpaired) electrons. The fourth-order valence-electron chi connectivity index (χ4n) is 3.15. The Kier molecular flexibility index (Phi) is 4.25. The number of carboxylic acid groups (broad SMARTS) is 1. The molecule has 3 N–H and O–H groups in total. The molecule has 0 aromatic rings. The molecule has 0 bridgehead atoms. The van der Waals surface area contributed by atoms with Gasteiger partial charge < -0.3 is 15.7 Å². The monoisotopic (exact) mass is 282 g/mol. The Morgan fingerprint density at radius 1 is 1.15 bits per heavy atom. The van der Waals surface area contributed by atoms with E-state index in [1.54, 1.807) is 0 Å². The summed E-state index contributed by atoms with van der Waals surface area (Å²) in [5.41, 5.74) is -0.409. The largest absolute Gasteiger partial charge is 0.481 e. The lowest BCUT2D eigenvalue weighted by Crippen LogP contribution is -2.47.